The van der Waals surface area contributed by atoms with Crippen molar-refractivity contribution >= 4 is 11.5 Å². The van der Waals surface area contributed by atoms with Crippen LogP contribution in [0.4, 0.5) is 5.82 Å². The molecule has 0 bridgehead atoms. The number of hydrogen-bond acceptors (Lipinski definition) is 3. The maximum absolute atomic E-state index is 4.95. The highest BCUT2D eigenvalue weighted by Crippen LogP contribution is 2.28. The number of anilines is 1. The van der Waals surface area contributed by atoms with Gasteiger partial charge in [0, 0.05) is 23.7 Å². The fourth-order valence-corrected chi connectivity index (χ4v) is 3.26. The van der Waals surface area contributed by atoms with Crippen LogP contribution in [0.3, 0.4) is 0 Å². The molecule has 2 heterocycles. The molecule has 0 atom stereocenters. The lowest BCUT2D eigenvalue weighted by Crippen LogP contribution is -2.08. The summed E-state index contributed by atoms with van der Waals surface area (Å²) in [4.78, 5) is 4.95. The minimum Gasteiger partial charge on any atom is -0.370 e. The van der Waals surface area contributed by atoms with Crippen molar-refractivity contribution in [1.29, 1.82) is 0 Å². The number of fused-ring (bicyclic) bond motifs is 1. The highest BCUT2D eigenvalue weighted by atomic mass is 15.3. The van der Waals surface area contributed by atoms with Gasteiger partial charge in [0.2, 0.25) is 0 Å². The predicted octanol–water partition coefficient (Wildman–Crippen LogP) is 5.67. The van der Waals surface area contributed by atoms with Crippen molar-refractivity contribution in [3.63, 3.8) is 0 Å². The van der Waals surface area contributed by atoms with E-state index in [0.29, 0.717) is 0 Å². The Labute approximate surface area is 159 Å². The molecule has 0 aliphatic heterocycles. The van der Waals surface area contributed by atoms with Gasteiger partial charge in [-0.15, -0.1) is 0 Å². The molecule has 0 unspecified atom stereocenters. The maximum atomic E-state index is 4.95. The number of aromatic nitrogens is 3. The number of benzene rings is 2. The molecular formula is C23H24N4. The lowest BCUT2D eigenvalue weighted by Gasteiger charge is -2.11. The summed E-state index contributed by atoms with van der Waals surface area (Å²) in [6.07, 6.45) is 5.49. The van der Waals surface area contributed by atoms with E-state index in [0.717, 1.165) is 46.8 Å². The molecule has 4 rings (SSSR count). The zero-order valence-corrected chi connectivity index (χ0v) is 15.6. The SMILES string of the molecule is CCCCCNc1cc(-c2ccccc2)nc2c(-c3ccccc3)cnn12. The quantitative estimate of drug-likeness (QED) is 0.434. The second kappa shape index (κ2) is 8.04. The van der Waals surface area contributed by atoms with E-state index >= 15 is 0 Å². The van der Waals surface area contributed by atoms with Crippen molar-refractivity contribution in [2.24, 2.45) is 0 Å². The van der Waals surface area contributed by atoms with Crippen LogP contribution in [0.1, 0.15) is 26.2 Å². The van der Waals surface area contributed by atoms with E-state index in [9.17, 15) is 0 Å². The van der Waals surface area contributed by atoms with Crippen molar-refractivity contribution < 1.29 is 0 Å². The topological polar surface area (TPSA) is 42.2 Å². The fourth-order valence-electron chi connectivity index (χ4n) is 3.26. The first-order chi connectivity index (χ1) is 13.4. The van der Waals surface area contributed by atoms with E-state index in [4.69, 9.17) is 4.98 Å². The summed E-state index contributed by atoms with van der Waals surface area (Å²) in [7, 11) is 0. The normalized spacial score (nSPS) is 11.0. The minimum atomic E-state index is 0.876. The van der Waals surface area contributed by atoms with Gasteiger partial charge in [0.1, 0.15) is 5.82 Å². The Balaban J connectivity index is 1.81. The maximum Gasteiger partial charge on any atom is 0.165 e. The minimum absolute atomic E-state index is 0.876. The highest BCUT2D eigenvalue weighted by Gasteiger charge is 2.13. The van der Waals surface area contributed by atoms with E-state index in [1.54, 1.807) is 0 Å². The van der Waals surface area contributed by atoms with Gasteiger partial charge in [0.05, 0.1) is 11.9 Å². The zero-order valence-electron chi connectivity index (χ0n) is 15.6. The highest BCUT2D eigenvalue weighted by molar-refractivity contribution is 5.80. The molecule has 4 nitrogen and oxygen atoms in total. The van der Waals surface area contributed by atoms with Crippen molar-refractivity contribution in [2.45, 2.75) is 26.2 Å². The number of nitrogens with zero attached hydrogens (tertiary/aromatic N) is 3. The Kier molecular flexibility index (Phi) is 5.15. The Morgan fingerprint density at radius 2 is 1.59 bits per heavy atom. The number of nitrogens with one attached hydrogen (secondary N) is 1. The monoisotopic (exact) mass is 356 g/mol. The molecule has 27 heavy (non-hydrogen) atoms. The van der Waals surface area contributed by atoms with Crippen LogP contribution in [0, 0.1) is 0 Å². The molecule has 2 aromatic carbocycles. The molecule has 4 heteroatoms. The molecular weight excluding hydrogens is 332 g/mol. The van der Waals surface area contributed by atoms with Crippen LogP contribution in [-0.4, -0.2) is 21.1 Å². The molecule has 0 spiro atoms. The third-order valence-electron chi connectivity index (χ3n) is 4.71. The van der Waals surface area contributed by atoms with Gasteiger partial charge in [-0.05, 0) is 12.0 Å². The summed E-state index contributed by atoms with van der Waals surface area (Å²) in [6.45, 7) is 3.15. The van der Waals surface area contributed by atoms with Crippen LogP contribution < -0.4 is 5.32 Å². The second-order valence-corrected chi connectivity index (χ2v) is 6.69. The molecule has 1 N–H and O–H groups in total. The average Bonchev–Trinajstić information content (AvgIpc) is 3.16. The molecule has 136 valence electrons. The Bertz CT molecular complexity index is 1010. The largest absolute Gasteiger partial charge is 0.370 e. The van der Waals surface area contributed by atoms with E-state index in [-0.39, 0.29) is 0 Å². The number of rotatable bonds is 7. The van der Waals surface area contributed by atoms with Crippen LogP contribution in [0.15, 0.2) is 72.9 Å². The van der Waals surface area contributed by atoms with Gasteiger partial charge in [0.25, 0.3) is 0 Å². The standard InChI is InChI=1S/C23H24N4/c1-2-3-10-15-24-22-16-21(19-13-8-5-9-14-19)26-23-20(17-25-27(22)23)18-11-6-4-7-12-18/h4-9,11-14,16-17,24H,2-3,10,15H2,1H3. The van der Waals surface area contributed by atoms with Crippen LogP contribution in [0.5, 0.6) is 0 Å². The summed E-state index contributed by atoms with van der Waals surface area (Å²) in [6, 6.07) is 22.7. The van der Waals surface area contributed by atoms with Gasteiger partial charge in [-0.2, -0.15) is 9.61 Å². The molecule has 0 saturated heterocycles. The first kappa shape index (κ1) is 17.3. The predicted molar refractivity (Wildman–Crippen MR) is 112 cm³/mol. The smallest absolute Gasteiger partial charge is 0.165 e. The van der Waals surface area contributed by atoms with E-state index in [1.807, 2.05) is 47.1 Å². The lowest BCUT2D eigenvalue weighted by molar-refractivity contribution is 0.739. The molecule has 4 aromatic rings. The van der Waals surface area contributed by atoms with Crippen molar-refractivity contribution in [1.82, 2.24) is 14.6 Å². The van der Waals surface area contributed by atoms with Crippen LogP contribution in [-0.2, 0) is 0 Å². The Morgan fingerprint density at radius 3 is 2.30 bits per heavy atom. The zero-order chi connectivity index (χ0) is 18.5. The third-order valence-corrected chi connectivity index (χ3v) is 4.71. The third kappa shape index (κ3) is 3.70. The van der Waals surface area contributed by atoms with Gasteiger partial charge in [-0.1, -0.05) is 80.4 Å². The van der Waals surface area contributed by atoms with Gasteiger partial charge < -0.3 is 5.32 Å². The van der Waals surface area contributed by atoms with E-state index < -0.39 is 0 Å². The molecule has 0 aliphatic rings. The van der Waals surface area contributed by atoms with Gasteiger partial charge >= 0.3 is 0 Å². The van der Waals surface area contributed by atoms with Crippen LogP contribution in [0.25, 0.3) is 28.0 Å². The molecule has 0 fully saturated rings. The molecule has 0 aliphatic carbocycles. The second-order valence-electron chi connectivity index (χ2n) is 6.69. The van der Waals surface area contributed by atoms with Crippen LogP contribution >= 0.6 is 0 Å². The van der Waals surface area contributed by atoms with Crippen LogP contribution in [0.2, 0.25) is 0 Å². The summed E-state index contributed by atoms with van der Waals surface area (Å²) < 4.78 is 1.92. The number of hydrogen-bond donors (Lipinski definition) is 1. The summed E-state index contributed by atoms with van der Waals surface area (Å²) in [5, 5.41) is 8.18. The molecule has 0 radical (unpaired) electrons. The van der Waals surface area contributed by atoms with Crippen molar-refractivity contribution in [3.05, 3.63) is 72.9 Å². The van der Waals surface area contributed by atoms with Gasteiger partial charge in [0.15, 0.2) is 5.65 Å². The molecule has 2 aromatic heterocycles. The first-order valence-electron chi connectivity index (χ1n) is 9.60. The average molecular weight is 356 g/mol. The summed E-state index contributed by atoms with van der Waals surface area (Å²) in [5.74, 6) is 0.983. The first-order valence-corrected chi connectivity index (χ1v) is 9.60. The molecule has 0 saturated carbocycles. The number of unbranched alkanes of at least 4 members (excludes halogenated alkanes) is 2. The van der Waals surface area contributed by atoms with Crippen molar-refractivity contribution in [3.8, 4) is 22.4 Å². The van der Waals surface area contributed by atoms with Crippen molar-refractivity contribution in [2.75, 3.05) is 11.9 Å². The fraction of sp³-hybridized carbons (Fsp3) is 0.217. The van der Waals surface area contributed by atoms with E-state index in [1.165, 1.54) is 12.8 Å². The summed E-state index contributed by atoms with van der Waals surface area (Å²) in [5.41, 5.74) is 5.11. The van der Waals surface area contributed by atoms with E-state index in [2.05, 4.69) is 47.7 Å². The van der Waals surface area contributed by atoms with Gasteiger partial charge in [-0.25, -0.2) is 4.98 Å². The van der Waals surface area contributed by atoms with Gasteiger partial charge in [-0.3, -0.25) is 0 Å². The lowest BCUT2D eigenvalue weighted by atomic mass is 10.1. The molecule has 0 amide bonds. The Morgan fingerprint density at radius 1 is 0.889 bits per heavy atom. The Hall–Kier alpha value is -3.14. The summed E-state index contributed by atoms with van der Waals surface area (Å²) >= 11 is 0.